The zero-order valence-electron chi connectivity index (χ0n) is 18.5. The summed E-state index contributed by atoms with van der Waals surface area (Å²) in [6.07, 6.45) is 20.2. The van der Waals surface area contributed by atoms with Crippen molar-refractivity contribution in [3.05, 3.63) is 0 Å². The van der Waals surface area contributed by atoms with Crippen LogP contribution in [-0.4, -0.2) is 43.4 Å². The normalized spacial score (nSPS) is 11.0. The molecular formula is C22H50BrNO. The van der Waals surface area contributed by atoms with E-state index in [-0.39, 0.29) is 23.1 Å². The van der Waals surface area contributed by atoms with Gasteiger partial charge in [0.1, 0.15) is 0 Å². The number of nitrogens with zero attached hydrogens (tertiary/aromatic N) is 1. The maximum absolute atomic E-state index is 8.06. The third kappa shape index (κ3) is 40.4. The van der Waals surface area contributed by atoms with E-state index in [9.17, 15) is 0 Å². The van der Waals surface area contributed by atoms with Gasteiger partial charge >= 0.3 is 0 Å². The van der Waals surface area contributed by atoms with Gasteiger partial charge in [0.2, 0.25) is 0 Å². The molecule has 0 aliphatic rings. The molecule has 0 aliphatic heterocycles. The minimum Gasteiger partial charge on any atom is -1.00 e. The van der Waals surface area contributed by atoms with Gasteiger partial charge in [-0.25, -0.2) is 0 Å². The third-order valence-corrected chi connectivity index (χ3v) is 4.18. The summed E-state index contributed by atoms with van der Waals surface area (Å²) in [5.41, 5.74) is 0. The van der Waals surface area contributed by atoms with E-state index in [0.29, 0.717) is 0 Å². The number of hydrogen-bond donors (Lipinski definition) is 1. The van der Waals surface area contributed by atoms with Crippen molar-refractivity contribution in [2.24, 2.45) is 0 Å². The van der Waals surface area contributed by atoms with Gasteiger partial charge in [-0.3, -0.25) is 0 Å². The molecule has 0 atom stereocenters. The van der Waals surface area contributed by atoms with E-state index in [2.05, 4.69) is 28.1 Å². The van der Waals surface area contributed by atoms with Crippen LogP contribution in [-0.2, 0) is 0 Å². The van der Waals surface area contributed by atoms with Crippen LogP contribution >= 0.6 is 0 Å². The van der Waals surface area contributed by atoms with E-state index in [1.54, 1.807) is 13.8 Å². The molecule has 0 heterocycles. The molecule has 156 valence electrons. The van der Waals surface area contributed by atoms with Crippen LogP contribution in [0.25, 0.3) is 0 Å². The molecule has 0 spiro atoms. The molecule has 0 aromatic heterocycles. The average Bonchev–Trinajstić information content (AvgIpc) is 2.46. The fourth-order valence-corrected chi connectivity index (χ4v) is 2.78. The average molecular weight is 425 g/mol. The molecule has 1 N–H and O–H groups in total. The van der Waals surface area contributed by atoms with Crippen LogP contribution in [0, 0.1) is 0 Å². The first-order valence-electron chi connectivity index (χ1n) is 10.8. The number of rotatable bonds is 15. The Kier molecular flexibility index (Phi) is 27.1. The van der Waals surface area contributed by atoms with Gasteiger partial charge in [0.25, 0.3) is 0 Å². The summed E-state index contributed by atoms with van der Waals surface area (Å²) in [6, 6.07) is 0. The summed E-state index contributed by atoms with van der Waals surface area (Å²) >= 11 is 0. The quantitative estimate of drug-likeness (QED) is 0.315. The highest BCUT2D eigenvalue weighted by Gasteiger charge is 2.04. The molecule has 0 aromatic rings. The lowest BCUT2D eigenvalue weighted by Crippen LogP contribution is -3.00. The van der Waals surface area contributed by atoms with Crippen molar-refractivity contribution in [2.75, 3.05) is 27.7 Å². The summed E-state index contributed by atoms with van der Waals surface area (Å²) in [5.74, 6) is 0. The molecule has 0 rings (SSSR count). The molecule has 25 heavy (non-hydrogen) atoms. The maximum atomic E-state index is 8.06. The van der Waals surface area contributed by atoms with Gasteiger partial charge < -0.3 is 26.6 Å². The lowest BCUT2D eigenvalue weighted by Gasteiger charge is -2.23. The highest BCUT2D eigenvalue weighted by atomic mass is 79.9. The third-order valence-electron chi connectivity index (χ3n) is 4.18. The van der Waals surface area contributed by atoms with Gasteiger partial charge in [-0.1, -0.05) is 84.0 Å². The molecule has 0 radical (unpaired) electrons. The zero-order valence-corrected chi connectivity index (χ0v) is 20.0. The van der Waals surface area contributed by atoms with Crippen molar-refractivity contribution in [2.45, 2.75) is 117 Å². The molecule has 0 unspecified atom stereocenters. The second-order valence-corrected chi connectivity index (χ2v) is 8.70. The molecule has 0 bridgehead atoms. The van der Waals surface area contributed by atoms with Crippen LogP contribution in [0.3, 0.4) is 0 Å². The van der Waals surface area contributed by atoms with Gasteiger partial charge in [-0.15, -0.1) is 0 Å². The number of quaternary nitrogens is 1. The van der Waals surface area contributed by atoms with E-state index in [0.717, 1.165) is 4.48 Å². The Hall–Kier alpha value is 0.400. The zero-order chi connectivity index (χ0) is 18.7. The molecule has 0 saturated carbocycles. The molecular weight excluding hydrogens is 374 g/mol. The number of unbranched alkanes of at least 4 members (excludes halogenated alkanes) is 13. The highest BCUT2D eigenvalue weighted by molar-refractivity contribution is 4.49. The predicted molar refractivity (Wildman–Crippen MR) is 111 cm³/mol. The smallest absolute Gasteiger partial charge is 0.0780 e. The molecule has 3 heteroatoms. The number of aliphatic hydroxyl groups is 1. The minimum absolute atomic E-state index is 0. The Morgan fingerprint density at radius 1 is 0.600 bits per heavy atom. The minimum atomic E-state index is -0.167. The van der Waals surface area contributed by atoms with Gasteiger partial charge in [-0.2, -0.15) is 0 Å². The van der Waals surface area contributed by atoms with Crippen molar-refractivity contribution in [1.82, 2.24) is 0 Å². The summed E-state index contributed by atoms with van der Waals surface area (Å²) in [4.78, 5) is 0. The fourth-order valence-electron chi connectivity index (χ4n) is 2.78. The first kappa shape index (κ1) is 30.1. The number of aliphatic hydroxyl groups excluding tert-OH is 1. The Labute approximate surface area is 171 Å². The van der Waals surface area contributed by atoms with Crippen molar-refractivity contribution in [3.63, 3.8) is 0 Å². The van der Waals surface area contributed by atoms with E-state index in [4.69, 9.17) is 5.11 Å². The van der Waals surface area contributed by atoms with Crippen molar-refractivity contribution >= 4 is 0 Å². The molecule has 0 saturated heterocycles. The Morgan fingerprint density at radius 3 is 1.08 bits per heavy atom. The van der Waals surface area contributed by atoms with Crippen LogP contribution in [0.5, 0.6) is 0 Å². The van der Waals surface area contributed by atoms with Gasteiger partial charge in [0.15, 0.2) is 0 Å². The van der Waals surface area contributed by atoms with E-state index in [1.807, 2.05) is 0 Å². The highest BCUT2D eigenvalue weighted by Crippen LogP contribution is 2.13. The number of hydrogen-bond acceptors (Lipinski definition) is 1. The van der Waals surface area contributed by atoms with Gasteiger partial charge in [0, 0.05) is 6.10 Å². The van der Waals surface area contributed by atoms with Crippen molar-refractivity contribution in [3.8, 4) is 0 Å². The molecule has 2 nitrogen and oxygen atoms in total. The second-order valence-electron chi connectivity index (χ2n) is 8.70. The van der Waals surface area contributed by atoms with Gasteiger partial charge in [-0.05, 0) is 26.7 Å². The molecule has 0 amide bonds. The Morgan fingerprint density at radius 2 is 0.840 bits per heavy atom. The van der Waals surface area contributed by atoms with Crippen molar-refractivity contribution < 1.29 is 26.6 Å². The maximum Gasteiger partial charge on any atom is 0.0780 e. The molecule has 0 aromatic carbocycles. The lowest BCUT2D eigenvalue weighted by atomic mass is 10.0. The lowest BCUT2D eigenvalue weighted by molar-refractivity contribution is -0.870. The van der Waals surface area contributed by atoms with Crippen LogP contribution in [0.2, 0.25) is 0 Å². The van der Waals surface area contributed by atoms with Crippen LogP contribution < -0.4 is 17.0 Å². The largest absolute Gasteiger partial charge is 1.00 e. The van der Waals surface area contributed by atoms with Crippen LogP contribution in [0.15, 0.2) is 0 Å². The second kappa shape index (κ2) is 22.4. The van der Waals surface area contributed by atoms with Crippen LogP contribution in [0.4, 0.5) is 0 Å². The topological polar surface area (TPSA) is 20.2 Å². The monoisotopic (exact) mass is 423 g/mol. The van der Waals surface area contributed by atoms with E-state index in [1.165, 1.54) is 96.4 Å². The molecule has 0 aliphatic carbocycles. The first-order valence-corrected chi connectivity index (χ1v) is 10.8. The summed E-state index contributed by atoms with van der Waals surface area (Å²) < 4.78 is 1.12. The first-order chi connectivity index (χ1) is 11.3. The number of halogens is 1. The summed E-state index contributed by atoms with van der Waals surface area (Å²) in [5, 5.41) is 8.06. The summed E-state index contributed by atoms with van der Waals surface area (Å²) in [6.45, 7) is 7.07. The van der Waals surface area contributed by atoms with Crippen LogP contribution in [0.1, 0.15) is 111 Å². The predicted octanol–water partition coefficient (Wildman–Crippen LogP) is 3.57. The van der Waals surface area contributed by atoms with Gasteiger partial charge in [0.05, 0.1) is 27.7 Å². The van der Waals surface area contributed by atoms with E-state index < -0.39 is 0 Å². The van der Waals surface area contributed by atoms with E-state index >= 15 is 0 Å². The Bertz CT molecular complexity index is 224. The molecule has 0 fully saturated rings. The Balaban J connectivity index is -0.000000867. The SMILES string of the molecule is CC(C)O.CCCCCCCCCCCCCCCC[N+](C)(C)C.[Br-]. The standard InChI is InChI=1S/C19H42N.C3H8O.BrH/c1-5-6-7-8-9-10-11-12-13-14-15-16-17-18-19-20(2,3)4;1-3(2)4;/h5-19H2,1-4H3;3-4H,1-2H3;1H/q+1;;/p-1. The summed E-state index contributed by atoms with van der Waals surface area (Å²) in [7, 11) is 6.88. The fraction of sp³-hybridized carbons (Fsp3) is 1.00. The van der Waals surface area contributed by atoms with Crippen molar-refractivity contribution in [1.29, 1.82) is 0 Å².